The van der Waals surface area contributed by atoms with Crippen LogP contribution in [0.1, 0.15) is 30.6 Å². The quantitative estimate of drug-likeness (QED) is 0.434. The summed E-state index contributed by atoms with van der Waals surface area (Å²) in [7, 11) is 1.63. The number of ether oxygens (including phenoxy) is 1. The van der Waals surface area contributed by atoms with Crippen LogP contribution in [0.2, 0.25) is 0 Å². The van der Waals surface area contributed by atoms with E-state index in [2.05, 4.69) is 56.6 Å². The van der Waals surface area contributed by atoms with Gasteiger partial charge in [0.25, 0.3) is 0 Å². The third-order valence-electron chi connectivity index (χ3n) is 4.51. The van der Waals surface area contributed by atoms with Crippen molar-refractivity contribution in [2.24, 2.45) is 0 Å². The molecule has 0 bridgehead atoms. The van der Waals surface area contributed by atoms with Gasteiger partial charge < -0.3 is 9.15 Å². The molecule has 0 fully saturated rings. The van der Waals surface area contributed by atoms with E-state index < -0.39 is 0 Å². The highest BCUT2D eigenvalue weighted by Gasteiger charge is 2.19. The molecular weight excluding hydrogens is 386 g/mol. The van der Waals surface area contributed by atoms with Crippen molar-refractivity contribution >= 4 is 11.8 Å². The molecule has 0 radical (unpaired) electrons. The first-order valence-corrected chi connectivity index (χ1v) is 10.2. The van der Waals surface area contributed by atoms with Gasteiger partial charge in [-0.25, -0.2) is 4.98 Å². The molecule has 0 aliphatic heterocycles. The Kier molecular flexibility index (Phi) is 5.62. The van der Waals surface area contributed by atoms with Crippen LogP contribution in [0, 0.1) is 0 Å². The Labute approximate surface area is 172 Å². The summed E-state index contributed by atoms with van der Waals surface area (Å²) < 4.78 is 11.0. The Morgan fingerprint density at radius 2 is 1.76 bits per heavy atom. The molecule has 2 heterocycles. The first-order chi connectivity index (χ1) is 14.2. The van der Waals surface area contributed by atoms with E-state index in [1.54, 1.807) is 7.11 Å². The van der Waals surface area contributed by atoms with Crippen molar-refractivity contribution in [2.75, 3.05) is 7.11 Å². The maximum absolute atomic E-state index is 5.84. The lowest BCUT2D eigenvalue weighted by atomic mass is 10.1. The van der Waals surface area contributed by atoms with Crippen LogP contribution in [-0.2, 0) is 6.42 Å². The van der Waals surface area contributed by atoms with Crippen LogP contribution in [0.3, 0.4) is 0 Å². The van der Waals surface area contributed by atoms with Crippen molar-refractivity contribution in [1.82, 2.24) is 25.4 Å². The number of nitrogens with one attached hydrogen (secondary N) is 1. The van der Waals surface area contributed by atoms with Gasteiger partial charge in [0.05, 0.1) is 12.4 Å². The van der Waals surface area contributed by atoms with E-state index in [1.165, 1.54) is 17.3 Å². The summed E-state index contributed by atoms with van der Waals surface area (Å²) in [6, 6.07) is 15.8. The zero-order chi connectivity index (χ0) is 20.2. The molecule has 2 aromatic heterocycles. The maximum atomic E-state index is 5.84. The summed E-state index contributed by atoms with van der Waals surface area (Å²) in [5.41, 5.74) is 3.15. The molecule has 29 heavy (non-hydrogen) atoms. The summed E-state index contributed by atoms with van der Waals surface area (Å²) in [5, 5.41) is 16.2. The number of thioether (sulfide) groups is 1. The first-order valence-electron chi connectivity index (χ1n) is 9.32. The van der Waals surface area contributed by atoms with Gasteiger partial charge in [-0.3, -0.25) is 5.10 Å². The zero-order valence-corrected chi connectivity index (χ0v) is 17.2. The number of H-pyrrole nitrogens is 1. The van der Waals surface area contributed by atoms with E-state index in [-0.39, 0.29) is 5.25 Å². The van der Waals surface area contributed by atoms with E-state index in [1.807, 2.05) is 31.2 Å². The molecule has 0 unspecified atom stereocenters. The van der Waals surface area contributed by atoms with Crippen molar-refractivity contribution in [3.63, 3.8) is 0 Å². The van der Waals surface area contributed by atoms with Crippen molar-refractivity contribution in [3.05, 3.63) is 60.0 Å². The summed E-state index contributed by atoms with van der Waals surface area (Å²) >= 11 is 1.46. The number of rotatable bonds is 7. The number of aryl methyl sites for hydroxylation is 1. The lowest BCUT2D eigenvalue weighted by Gasteiger charge is -2.02. The van der Waals surface area contributed by atoms with Crippen LogP contribution in [0.25, 0.3) is 22.8 Å². The minimum Gasteiger partial charge on any atom is -0.497 e. The lowest BCUT2D eigenvalue weighted by molar-refractivity contribution is 0.415. The van der Waals surface area contributed by atoms with Crippen LogP contribution in [-0.4, -0.2) is 32.5 Å². The number of aromatic nitrogens is 5. The van der Waals surface area contributed by atoms with Crippen LogP contribution in [0.4, 0.5) is 0 Å². The van der Waals surface area contributed by atoms with Crippen molar-refractivity contribution in [1.29, 1.82) is 0 Å². The molecular formula is C21H21N5O2S. The van der Waals surface area contributed by atoms with Crippen LogP contribution < -0.4 is 4.74 Å². The van der Waals surface area contributed by atoms with Crippen molar-refractivity contribution < 1.29 is 9.15 Å². The molecule has 0 saturated heterocycles. The molecule has 0 saturated carbocycles. The average Bonchev–Trinajstić information content (AvgIpc) is 3.44. The SMILES string of the molecule is CCc1ccc(-c2nc(S[C@@H](C)c3nnc(-c4ccc(OC)cc4)o3)n[nH]2)cc1. The zero-order valence-electron chi connectivity index (χ0n) is 16.4. The van der Waals surface area contributed by atoms with Gasteiger partial charge in [0.1, 0.15) is 5.75 Å². The molecule has 8 heteroatoms. The molecule has 7 nitrogen and oxygen atoms in total. The number of aromatic amines is 1. The van der Waals surface area contributed by atoms with E-state index in [0.29, 0.717) is 16.9 Å². The van der Waals surface area contributed by atoms with Gasteiger partial charge in [-0.05, 0) is 43.2 Å². The predicted octanol–water partition coefficient (Wildman–Crippen LogP) is 4.95. The number of hydrogen-bond acceptors (Lipinski definition) is 7. The standard InChI is InChI=1S/C21H21N5O2S/c1-4-14-5-7-15(8-6-14)18-22-21(26-23-18)29-13(2)19-24-25-20(28-19)16-9-11-17(27-3)12-10-16/h5-13H,4H2,1-3H3,(H,22,23,26)/t13-/m0/s1. The first kappa shape index (κ1) is 19.2. The Hall–Kier alpha value is -3.13. The Morgan fingerprint density at radius 1 is 1.03 bits per heavy atom. The van der Waals surface area contributed by atoms with Gasteiger partial charge in [0.15, 0.2) is 5.82 Å². The van der Waals surface area contributed by atoms with E-state index in [9.17, 15) is 0 Å². The number of benzene rings is 2. The molecule has 0 aliphatic carbocycles. The molecule has 1 atom stereocenters. The smallest absolute Gasteiger partial charge is 0.247 e. The number of methoxy groups -OCH3 is 1. The third kappa shape index (κ3) is 4.32. The third-order valence-corrected chi connectivity index (χ3v) is 5.46. The second-order valence-corrected chi connectivity index (χ2v) is 7.76. The second-order valence-electron chi connectivity index (χ2n) is 6.45. The number of hydrogen-bond donors (Lipinski definition) is 1. The molecule has 4 rings (SSSR count). The maximum Gasteiger partial charge on any atom is 0.247 e. The minimum atomic E-state index is -0.0828. The average molecular weight is 407 g/mol. The van der Waals surface area contributed by atoms with Crippen LogP contribution in [0.15, 0.2) is 58.1 Å². The molecule has 0 spiro atoms. The highest BCUT2D eigenvalue weighted by Crippen LogP contribution is 2.34. The van der Waals surface area contributed by atoms with Gasteiger partial charge in [-0.15, -0.1) is 15.3 Å². The monoisotopic (exact) mass is 407 g/mol. The van der Waals surface area contributed by atoms with Crippen molar-refractivity contribution in [3.8, 4) is 28.6 Å². The molecule has 4 aromatic rings. The second kappa shape index (κ2) is 8.48. The fourth-order valence-electron chi connectivity index (χ4n) is 2.78. The highest BCUT2D eigenvalue weighted by molar-refractivity contribution is 7.99. The van der Waals surface area contributed by atoms with Crippen LogP contribution >= 0.6 is 11.8 Å². The van der Waals surface area contributed by atoms with E-state index in [0.717, 1.165) is 29.1 Å². The minimum absolute atomic E-state index is 0.0828. The van der Waals surface area contributed by atoms with Gasteiger partial charge >= 0.3 is 0 Å². The van der Waals surface area contributed by atoms with Gasteiger partial charge in [-0.1, -0.05) is 43.0 Å². The molecule has 148 valence electrons. The topological polar surface area (TPSA) is 89.7 Å². The normalized spacial score (nSPS) is 12.1. The summed E-state index contributed by atoms with van der Waals surface area (Å²) in [6.45, 7) is 4.12. The number of nitrogens with zero attached hydrogens (tertiary/aromatic N) is 4. The Balaban J connectivity index is 1.45. The fourth-order valence-corrected chi connectivity index (χ4v) is 3.54. The van der Waals surface area contributed by atoms with E-state index in [4.69, 9.17) is 9.15 Å². The largest absolute Gasteiger partial charge is 0.497 e. The van der Waals surface area contributed by atoms with E-state index >= 15 is 0 Å². The summed E-state index contributed by atoms with van der Waals surface area (Å²) in [6.07, 6.45) is 1.01. The molecule has 0 amide bonds. The van der Waals surface area contributed by atoms with Gasteiger partial charge in [0.2, 0.25) is 16.9 Å². The fraction of sp³-hybridized carbons (Fsp3) is 0.238. The van der Waals surface area contributed by atoms with Crippen LogP contribution in [0.5, 0.6) is 5.75 Å². The molecule has 0 aliphatic rings. The summed E-state index contributed by atoms with van der Waals surface area (Å²) in [4.78, 5) is 4.58. The predicted molar refractivity (Wildman–Crippen MR) is 112 cm³/mol. The van der Waals surface area contributed by atoms with Crippen molar-refractivity contribution in [2.45, 2.75) is 30.7 Å². The van der Waals surface area contributed by atoms with Gasteiger partial charge in [0, 0.05) is 11.1 Å². The lowest BCUT2D eigenvalue weighted by Crippen LogP contribution is -1.89. The summed E-state index contributed by atoms with van der Waals surface area (Å²) in [5.74, 6) is 2.52. The molecule has 2 aromatic carbocycles. The Bertz CT molecular complexity index is 1070. The molecule has 1 N–H and O–H groups in total. The highest BCUT2D eigenvalue weighted by atomic mass is 32.2. The van der Waals surface area contributed by atoms with Gasteiger partial charge in [-0.2, -0.15) is 0 Å². The Morgan fingerprint density at radius 3 is 2.45 bits per heavy atom.